The van der Waals surface area contributed by atoms with E-state index in [0.29, 0.717) is 6.42 Å². The quantitative estimate of drug-likeness (QED) is 0.590. The SMILES string of the molecule is O=C(/C=C/c1cnn(-c2ccccc2)c1)NNC(=O)CC12CC3CC(CC(C3)C1)C2. The molecule has 0 spiro atoms. The molecule has 0 radical (unpaired) electrons. The molecule has 0 saturated heterocycles. The molecule has 0 aliphatic heterocycles. The van der Waals surface area contributed by atoms with Gasteiger partial charge in [0.1, 0.15) is 0 Å². The Balaban J connectivity index is 1.11. The summed E-state index contributed by atoms with van der Waals surface area (Å²) in [5.74, 6) is 2.03. The molecule has 4 saturated carbocycles. The van der Waals surface area contributed by atoms with Crippen molar-refractivity contribution < 1.29 is 9.59 Å². The van der Waals surface area contributed by atoms with Gasteiger partial charge < -0.3 is 0 Å². The first-order valence-corrected chi connectivity index (χ1v) is 10.9. The summed E-state index contributed by atoms with van der Waals surface area (Å²) in [4.78, 5) is 24.6. The van der Waals surface area contributed by atoms with Crippen LogP contribution in [0.25, 0.3) is 11.8 Å². The van der Waals surface area contributed by atoms with Crippen molar-refractivity contribution in [1.82, 2.24) is 20.6 Å². The Morgan fingerprint density at radius 1 is 1.03 bits per heavy atom. The molecule has 1 aromatic carbocycles. The summed E-state index contributed by atoms with van der Waals surface area (Å²) in [6.07, 6.45) is 14.8. The highest BCUT2D eigenvalue weighted by atomic mass is 16.2. The molecule has 1 heterocycles. The lowest BCUT2D eigenvalue weighted by Crippen LogP contribution is -2.49. The van der Waals surface area contributed by atoms with Crippen LogP contribution < -0.4 is 10.9 Å². The first kappa shape index (κ1) is 19.1. The summed E-state index contributed by atoms with van der Waals surface area (Å²) < 4.78 is 1.75. The predicted molar refractivity (Wildman–Crippen MR) is 114 cm³/mol. The van der Waals surface area contributed by atoms with E-state index in [-0.39, 0.29) is 17.2 Å². The van der Waals surface area contributed by atoms with Crippen molar-refractivity contribution in [3.05, 3.63) is 54.4 Å². The third-order valence-corrected chi connectivity index (χ3v) is 7.08. The number of nitrogens with one attached hydrogen (secondary N) is 2. The Bertz CT molecular complexity index is 927. The van der Waals surface area contributed by atoms with Gasteiger partial charge in [-0.15, -0.1) is 0 Å². The molecule has 2 aromatic rings. The fourth-order valence-electron chi connectivity index (χ4n) is 6.38. The summed E-state index contributed by atoms with van der Waals surface area (Å²) in [5.41, 5.74) is 7.08. The summed E-state index contributed by atoms with van der Waals surface area (Å²) in [5, 5.41) is 4.31. The Morgan fingerprint density at radius 3 is 2.37 bits per heavy atom. The average molecular weight is 405 g/mol. The third kappa shape index (κ3) is 4.04. The maximum Gasteiger partial charge on any atom is 0.262 e. The van der Waals surface area contributed by atoms with Gasteiger partial charge in [0, 0.05) is 24.3 Å². The van der Waals surface area contributed by atoms with Crippen LogP contribution in [0.2, 0.25) is 0 Å². The number of amides is 2. The van der Waals surface area contributed by atoms with E-state index in [1.54, 1.807) is 17.0 Å². The smallest absolute Gasteiger partial charge is 0.262 e. The van der Waals surface area contributed by atoms with Crippen molar-refractivity contribution >= 4 is 17.9 Å². The van der Waals surface area contributed by atoms with Gasteiger partial charge in [0.15, 0.2) is 0 Å². The molecule has 4 bridgehead atoms. The molecule has 4 aliphatic rings. The Kier molecular flexibility index (Phi) is 4.93. The van der Waals surface area contributed by atoms with Crippen LogP contribution in [0.4, 0.5) is 0 Å². The van der Waals surface area contributed by atoms with E-state index in [0.717, 1.165) is 29.0 Å². The normalized spacial score (nSPS) is 29.3. The zero-order chi connectivity index (χ0) is 20.6. The largest absolute Gasteiger partial charge is 0.273 e. The Morgan fingerprint density at radius 2 is 1.70 bits per heavy atom. The molecule has 6 heteroatoms. The Hall–Kier alpha value is -2.89. The van der Waals surface area contributed by atoms with Crippen molar-refractivity contribution in [3.63, 3.8) is 0 Å². The summed E-state index contributed by atoms with van der Waals surface area (Å²) in [6, 6.07) is 9.78. The monoisotopic (exact) mass is 404 g/mol. The molecule has 6 rings (SSSR count). The van der Waals surface area contributed by atoms with Gasteiger partial charge in [0.2, 0.25) is 5.91 Å². The number of para-hydroxylation sites is 1. The van der Waals surface area contributed by atoms with Crippen LogP contribution in [0, 0.1) is 23.2 Å². The van der Waals surface area contributed by atoms with E-state index < -0.39 is 0 Å². The second-order valence-electron chi connectivity index (χ2n) is 9.52. The highest BCUT2D eigenvalue weighted by Crippen LogP contribution is 2.61. The molecule has 0 atom stereocenters. The number of carbonyl (C=O) groups excluding carboxylic acids is 2. The van der Waals surface area contributed by atoms with Gasteiger partial charge in [-0.25, -0.2) is 4.68 Å². The molecule has 156 valence electrons. The van der Waals surface area contributed by atoms with Crippen LogP contribution in [-0.2, 0) is 9.59 Å². The molecule has 6 nitrogen and oxygen atoms in total. The average Bonchev–Trinajstić information content (AvgIpc) is 3.19. The van der Waals surface area contributed by atoms with E-state index in [2.05, 4.69) is 16.0 Å². The number of benzene rings is 1. The van der Waals surface area contributed by atoms with Crippen LogP contribution in [0.1, 0.15) is 50.5 Å². The minimum Gasteiger partial charge on any atom is -0.273 e. The molecule has 30 heavy (non-hydrogen) atoms. The van der Waals surface area contributed by atoms with E-state index >= 15 is 0 Å². The summed E-state index contributed by atoms with van der Waals surface area (Å²) >= 11 is 0. The fourth-order valence-corrected chi connectivity index (χ4v) is 6.38. The lowest BCUT2D eigenvalue weighted by molar-refractivity contribution is -0.133. The molecule has 2 N–H and O–H groups in total. The van der Waals surface area contributed by atoms with Gasteiger partial charge in [-0.2, -0.15) is 5.10 Å². The molecular weight excluding hydrogens is 376 g/mol. The van der Waals surface area contributed by atoms with Gasteiger partial charge in [-0.05, 0) is 79.9 Å². The zero-order valence-electron chi connectivity index (χ0n) is 17.1. The number of hydrogen-bond donors (Lipinski definition) is 2. The van der Waals surface area contributed by atoms with Gasteiger partial charge in [-0.3, -0.25) is 20.4 Å². The summed E-state index contributed by atoms with van der Waals surface area (Å²) in [7, 11) is 0. The number of hydrazine groups is 1. The molecule has 2 amide bonds. The summed E-state index contributed by atoms with van der Waals surface area (Å²) in [6.45, 7) is 0. The molecule has 4 fully saturated rings. The Labute approximate surface area is 176 Å². The lowest BCUT2D eigenvalue weighted by Gasteiger charge is -2.56. The number of aromatic nitrogens is 2. The molecule has 4 aliphatic carbocycles. The van der Waals surface area contributed by atoms with E-state index in [1.807, 2.05) is 36.5 Å². The number of carbonyl (C=O) groups is 2. The number of rotatable bonds is 5. The van der Waals surface area contributed by atoms with E-state index in [9.17, 15) is 9.59 Å². The first-order valence-electron chi connectivity index (χ1n) is 10.9. The topological polar surface area (TPSA) is 76.0 Å². The second kappa shape index (κ2) is 7.74. The third-order valence-electron chi connectivity index (χ3n) is 7.08. The maximum atomic E-state index is 12.5. The van der Waals surface area contributed by atoms with E-state index in [4.69, 9.17) is 0 Å². The van der Waals surface area contributed by atoms with Crippen LogP contribution in [0.5, 0.6) is 0 Å². The molecule has 1 aromatic heterocycles. The first-order chi connectivity index (χ1) is 14.6. The minimum absolute atomic E-state index is 0.0735. The van der Waals surface area contributed by atoms with Crippen molar-refractivity contribution in [2.75, 3.05) is 0 Å². The van der Waals surface area contributed by atoms with Crippen LogP contribution in [-0.4, -0.2) is 21.6 Å². The van der Waals surface area contributed by atoms with Gasteiger partial charge in [-0.1, -0.05) is 18.2 Å². The second-order valence-corrected chi connectivity index (χ2v) is 9.52. The minimum atomic E-state index is -0.346. The highest BCUT2D eigenvalue weighted by Gasteiger charge is 2.51. The fraction of sp³-hybridized carbons (Fsp3) is 0.458. The maximum absolute atomic E-state index is 12.5. The molecule has 0 unspecified atom stereocenters. The van der Waals surface area contributed by atoms with Gasteiger partial charge in [0.25, 0.3) is 5.91 Å². The van der Waals surface area contributed by atoms with Gasteiger partial charge in [0.05, 0.1) is 11.9 Å². The number of nitrogens with zero attached hydrogens (tertiary/aromatic N) is 2. The zero-order valence-corrected chi connectivity index (χ0v) is 17.1. The predicted octanol–water partition coefficient (Wildman–Crippen LogP) is 3.64. The van der Waals surface area contributed by atoms with Crippen molar-refractivity contribution in [3.8, 4) is 5.69 Å². The highest BCUT2D eigenvalue weighted by molar-refractivity contribution is 5.93. The van der Waals surface area contributed by atoms with Crippen LogP contribution in [0.15, 0.2) is 48.8 Å². The van der Waals surface area contributed by atoms with Crippen LogP contribution in [0.3, 0.4) is 0 Å². The lowest BCUT2D eigenvalue weighted by atomic mass is 9.49. The molecular formula is C24H28N4O2. The van der Waals surface area contributed by atoms with Crippen molar-refractivity contribution in [2.45, 2.75) is 44.9 Å². The van der Waals surface area contributed by atoms with Crippen molar-refractivity contribution in [1.29, 1.82) is 0 Å². The standard InChI is InChI=1S/C24H28N4O2/c29-22(7-6-17-15-25-28(16-17)21-4-2-1-3-5-21)26-27-23(30)14-24-11-18-8-19(12-24)10-20(9-18)13-24/h1-7,15-16,18-20H,8-14H2,(H,26,29)(H,27,30)/b7-6+. The number of hydrogen-bond acceptors (Lipinski definition) is 3. The van der Waals surface area contributed by atoms with Crippen LogP contribution >= 0.6 is 0 Å². The van der Waals surface area contributed by atoms with Gasteiger partial charge >= 0.3 is 0 Å². The van der Waals surface area contributed by atoms with Crippen molar-refractivity contribution in [2.24, 2.45) is 23.2 Å². The van der Waals surface area contributed by atoms with E-state index in [1.165, 1.54) is 44.6 Å².